The van der Waals surface area contributed by atoms with E-state index in [2.05, 4.69) is 37.2 Å². The van der Waals surface area contributed by atoms with Crippen molar-refractivity contribution < 1.29 is 0 Å². The molecule has 1 unspecified atom stereocenters. The summed E-state index contributed by atoms with van der Waals surface area (Å²) in [5.41, 5.74) is 0. The van der Waals surface area contributed by atoms with E-state index in [1.807, 2.05) is 0 Å². The molecular formula is C13H30AlN. The van der Waals surface area contributed by atoms with Gasteiger partial charge in [0.15, 0.2) is 0 Å². The minimum atomic E-state index is -0.317. The fraction of sp³-hybridized carbons (Fsp3) is 1.00. The Kier molecular flexibility index (Phi) is 10.0. The summed E-state index contributed by atoms with van der Waals surface area (Å²) in [6, 6.07) is 0.859. The van der Waals surface area contributed by atoms with Gasteiger partial charge in [0.05, 0.1) is 0 Å². The number of hydrogen-bond acceptors (Lipinski definition) is 1. The zero-order valence-electron chi connectivity index (χ0n) is 11.6. The summed E-state index contributed by atoms with van der Waals surface area (Å²) >= 11 is -0.317. The van der Waals surface area contributed by atoms with E-state index in [4.69, 9.17) is 0 Å². The molecule has 0 N–H and O–H groups in total. The van der Waals surface area contributed by atoms with Crippen LogP contribution in [0.3, 0.4) is 0 Å². The van der Waals surface area contributed by atoms with Gasteiger partial charge in [0, 0.05) is 6.04 Å². The lowest BCUT2D eigenvalue weighted by molar-refractivity contribution is 0.193. The van der Waals surface area contributed by atoms with Crippen LogP contribution in [0.25, 0.3) is 0 Å². The average Bonchev–Trinajstić information content (AvgIpc) is 2.19. The van der Waals surface area contributed by atoms with Gasteiger partial charge in [-0.15, -0.1) is 11.6 Å². The highest BCUT2D eigenvalue weighted by Crippen LogP contribution is 2.15. The lowest BCUT2D eigenvalue weighted by Crippen LogP contribution is -2.35. The van der Waals surface area contributed by atoms with Crippen LogP contribution in [-0.2, 0) is 0 Å². The van der Waals surface area contributed by atoms with Gasteiger partial charge in [0.2, 0.25) is 0 Å². The summed E-state index contributed by atoms with van der Waals surface area (Å²) in [6.07, 6.45) is 5.62. The van der Waals surface area contributed by atoms with Crippen LogP contribution >= 0.6 is 0 Å². The Hall–Kier alpha value is 0.492. The third-order valence-corrected chi connectivity index (χ3v) is 4.83. The standard InChI is InChI=1S/C11H24N.2CH3.Al/c1-5-9-11(10-6-2)12(7-3)8-4;;;/h11H,1,5-10H2,2-4H3;2*1H3;. The first-order chi connectivity index (χ1) is 7.15. The SMILES string of the molecule is CCCC(CC[CH2][Al]([CH3])[CH3])N(CC)CC. The Bertz CT molecular complexity index is 132. The van der Waals surface area contributed by atoms with Gasteiger partial charge in [-0.25, -0.2) is 0 Å². The van der Waals surface area contributed by atoms with Crippen molar-refractivity contribution in [2.75, 3.05) is 13.1 Å². The van der Waals surface area contributed by atoms with Crippen molar-refractivity contribution in [3.05, 3.63) is 0 Å². The van der Waals surface area contributed by atoms with Crippen molar-refractivity contribution in [2.45, 2.75) is 69.4 Å². The summed E-state index contributed by atoms with van der Waals surface area (Å²) < 4.78 is 0. The van der Waals surface area contributed by atoms with Crippen molar-refractivity contribution in [3.63, 3.8) is 0 Å². The predicted molar refractivity (Wildman–Crippen MR) is 73.1 cm³/mol. The smallest absolute Gasteiger partial charge is 0.255 e. The minimum absolute atomic E-state index is 0.317. The Balaban J connectivity index is 3.91. The average molecular weight is 227 g/mol. The maximum atomic E-state index is 2.64. The fourth-order valence-electron chi connectivity index (χ4n) is 2.34. The maximum absolute atomic E-state index is 2.64. The third-order valence-electron chi connectivity index (χ3n) is 3.27. The molecule has 0 aromatic heterocycles. The van der Waals surface area contributed by atoms with Crippen LogP contribution < -0.4 is 0 Å². The molecule has 0 fully saturated rings. The predicted octanol–water partition coefficient (Wildman–Crippen LogP) is 4.03. The molecular weight excluding hydrogens is 197 g/mol. The van der Waals surface area contributed by atoms with Crippen LogP contribution in [0.5, 0.6) is 0 Å². The molecule has 0 heterocycles. The van der Waals surface area contributed by atoms with E-state index >= 15 is 0 Å². The summed E-state index contributed by atoms with van der Waals surface area (Å²) in [6.45, 7) is 9.35. The molecule has 0 aliphatic carbocycles. The molecule has 0 rings (SSSR count). The molecule has 0 saturated carbocycles. The van der Waals surface area contributed by atoms with Crippen LogP contribution in [0, 0.1) is 0 Å². The molecule has 0 radical (unpaired) electrons. The van der Waals surface area contributed by atoms with E-state index in [9.17, 15) is 0 Å². The van der Waals surface area contributed by atoms with Crippen LogP contribution in [0.15, 0.2) is 0 Å². The van der Waals surface area contributed by atoms with Crippen molar-refractivity contribution in [2.24, 2.45) is 0 Å². The first kappa shape index (κ1) is 15.5. The van der Waals surface area contributed by atoms with E-state index in [1.165, 1.54) is 44.1 Å². The monoisotopic (exact) mass is 227 g/mol. The van der Waals surface area contributed by atoms with Crippen LogP contribution in [0.4, 0.5) is 0 Å². The van der Waals surface area contributed by atoms with Crippen molar-refractivity contribution in [1.82, 2.24) is 4.90 Å². The van der Waals surface area contributed by atoms with Gasteiger partial charge in [0.1, 0.15) is 0 Å². The Morgan fingerprint density at radius 1 is 1.00 bits per heavy atom. The fourth-order valence-corrected chi connectivity index (χ4v) is 3.40. The molecule has 15 heavy (non-hydrogen) atoms. The van der Waals surface area contributed by atoms with Crippen LogP contribution in [0.1, 0.15) is 46.5 Å². The summed E-state index contributed by atoms with van der Waals surface area (Å²) in [5, 5.41) is 1.53. The Morgan fingerprint density at radius 3 is 2.00 bits per heavy atom. The second-order valence-corrected chi connectivity index (χ2v) is 8.35. The topological polar surface area (TPSA) is 3.24 Å². The zero-order valence-corrected chi connectivity index (χ0v) is 12.7. The largest absolute Gasteiger partial charge is 0.301 e. The quantitative estimate of drug-likeness (QED) is 0.537. The molecule has 1 nitrogen and oxygen atoms in total. The second kappa shape index (κ2) is 9.70. The number of nitrogens with zero attached hydrogens (tertiary/aromatic N) is 1. The molecule has 0 bridgehead atoms. The van der Waals surface area contributed by atoms with Crippen molar-refractivity contribution >= 4 is 14.1 Å². The summed E-state index contributed by atoms with van der Waals surface area (Å²) in [4.78, 5) is 2.64. The highest BCUT2D eigenvalue weighted by atomic mass is 27.2. The van der Waals surface area contributed by atoms with Gasteiger partial charge in [-0.1, -0.05) is 38.9 Å². The lowest BCUT2D eigenvalue weighted by Gasteiger charge is -2.29. The van der Waals surface area contributed by atoms with E-state index in [0.717, 1.165) is 6.04 Å². The van der Waals surface area contributed by atoms with Gasteiger partial charge >= 0.3 is 0 Å². The molecule has 0 aliphatic rings. The van der Waals surface area contributed by atoms with Gasteiger partial charge in [-0.05, 0) is 25.9 Å². The van der Waals surface area contributed by atoms with Gasteiger partial charge < -0.3 is 4.90 Å². The molecule has 2 heteroatoms. The molecule has 90 valence electrons. The lowest BCUT2D eigenvalue weighted by atomic mass is 10.0. The molecule has 1 atom stereocenters. The normalized spacial score (nSPS) is 13.2. The summed E-state index contributed by atoms with van der Waals surface area (Å²) in [5.74, 6) is 4.93. The highest BCUT2D eigenvalue weighted by molar-refractivity contribution is 6.55. The van der Waals surface area contributed by atoms with Crippen LogP contribution in [-0.4, -0.2) is 38.2 Å². The first-order valence-electron chi connectivity index (χ1n) is 6.89. The first-order valence-corrected chi connectivity index (χ1v) is 10.0. The van der Waals surface area contributed by atoms with E-state index in [0.29, 0.717) is 0 Å². The molecule has 0 saturated heterocycles. The van der Waals surface area contributed by atoms with Crippen LogP contribution in [0.2, 0.25) is 16.9 Å². The van der Waals surface area contributed by atoms with E-state index in [1.54, 1.807) is 0 Å². The maximum Gasteiger partial charge on any atom is 0.255 e. The molecule has 0 aliphatic heterocycles. The van der Waals surface area contributed by atoms with Gasteiger partial charge in [-0.2, -0.15) is 0 Å². The molecule has 0 aromatic rings. The second-order valence-electron chi connectivity index (χ2n) is 4.99. The highest BCUT2D eigenvalue weighted by Gasteiger charge is 2.14. The van der Waals surface area contributed by atoms with Gasteiger partial charge in [0.25, 0.3) is 14.1 Å². The number of rotatable bonds is 9. The Morgan fingerprint density at radius 2 is 1.60 bits per heavy atom. The van der Waals surface area contributed by atoms with E-state index in [-0.39, 0.29) is 14.1 Å². The van der Waals surface area contributed by atoms with Crippen molar-refractivity contribution in [1.29, 1.82) is 0 Å². The Labute approximate surface area is 102 Å². The number of hydrogen-bond donors (Lipinski definition) is 0. The third kappa shape index (κ3) is 7.39. The van der Waals surface area contributed by atoms with Crippen molar-refractivity contribution in [3.8, 4) is 0 Å². The molecule has 0 amide bonds. The molecule has 0 spiro atoms. The summed E-state index contributed by atoms with van der Waals surface area (Å²) in [7, 11) is 0. The molecule has 0 aromatic carbocycles. The zero-order chi connectivity index (χ0) is 11.7. The van der Waals surface area contributed by atoms with Gasteiger partial charge in [-0.3, -0.25) is 0 Å². The minimum Gasteiger partial charge on any atom is -0.301 e. The van der Waals surface area contributed by atoms with E-state index < -0.39 is 0 Å².